The van der Waals surface area contributed by atoms with Gasteiger partial charge < -0.3 is 10.1 Å². The van der Waals surface area contributed by atoms with Gasteiger partial charge in [-0.25, -0.2) is 0 Å². The summed E-state index contributed by atoms with van der Waals surface area (Å²) < 4.78 is 7.25. The second-order valence-corrected chi connectivity index (χ2v) is 6.22. The van der Waals surface area contributed by atoms with Crippen LogP contribution in [0.15, 0.2) is 36.8 Å². The Labute approximate surface area is 148 Å². The highest BCUT2D eigenvalue weighted by Crippen LogP contribution is 2.20. The van der Waals surface area contributed by atoms with Crippen LogP contribution in [0.5, 0.6) is 0 Å². The third-order valence-corrected chi connectivity index (χ3v) is 4.41. The monoisotopic (exact) mass is 343 g/mol. The Balaban J connectivity index is 1.55. The van der Waals surface area contributed by atoms with E-state index < -0.39 is 0 Å². The second-order valence-electron chi connectivity index (χ2n) is 6.22. The number of aryl methyl sites for hydroxylation is 2. The van der Waals surface area contributed by atoms with Crippen molar-refractivity contribution in [3.63, 3.8) is 0 Å². The molecule has 1 N–H and O–H groups in total. The molecule has 1 saturated heterocycles. The Hall–Kier alpha value is -2.25. The summed E-state index contributed by atoms with van der Waals surface area (Å²) in [6.07, 6.45) is 5.92. The number of ether oxygens (including phenoxy) is 1. The maximum absolute atomic E-state index is 12.2. The maximum atomic E-state index is 12.2. The van der Waals surface area contributed by atoms with Crippen LogP contribution in [-0.2, 0) is 16.1 Å². The standard InChI is InChI=1S/C18H25N5O2/c1-15-4-8-23(21-15)9-5-18(24)20-14-17(16-2-6-19-7-3-16)22-10-12-25-13-11-22/h2-4,6-8,17H,5,9-14H2,1H3,(H,20,24). The molecule has 2 aromatic rings. The number of hydrogen-bond donors (Lipinski definition) is 1. The summed E-state index contributed by atoms with van der Waals surface area (Å²) in [6, 6.07) is 6.11. The normalized spacial score (nSPS) is 16.5. The van der Waals surface area contributed by atoms with Crippen molar-refractivity contribution in [3.8, 4) is 0 Å². The number of nitrogens with zero attached hydrogens (tertiary/aromatic N) is 4. The highest BCUT2D eigenvalue weighted by molar-refractivity contribution is 5.75. The van der Waals surface area contributed by atoms with Gasteiger partial charge in [-0.05, 0) is 30.7 Å². The Morgan fingerprint density at radius 1 is 1.28 bits per heavy atom. The van der Waals surface area contributed by atoms with Crippen LogP contribution in [0.1, 0.15) is 23.7 Å². The Morgan fingerprint density at radius 2 is 2.04 bits per heavy atom. The van der Waals surface area contributed by atoms with E-state index in [-0.39, 0.29) is 11.9 Å². The van der Waals surface area contributed by atoms with Gasteiger partial charge in [-0.15, -0.1) is 0 Å². The van der Waals surface area contributed by atoms with E-state index in [2.05, 4.69) is 20.3 Å². The minimum Gasteiger partial charge on any atom is -0.379 e. The van der Waals surface area contributed by atoms with Crippen LogP contribution >= 0.6 is 0 Å². The average molecular weight is 343 g/mol. The number of carbonyl (C=O) groups is 1. The first-order valence-corrected chi connectivity index (χ1v) is 8.71. The van der Waals surface area contributed by atoms with Crippen molar-refractivity contribution in [1.82, 2.24) is 25.0 Å². The third-order valence-electron chi connectivity index (χ3n) is 4.41. The zero-order chi connectivity index (χ0) is 17.5. The van der Waals surface area contributed by atoms with Gasteiger partial charge in [-0.2, -0.15) is 5.10 Å². The quantitative estimate of drug-likeness (QED) is 0.817. The van der Waals surface area contributed by atoms with E-state index in [4.69, 9.17) is 4.74 Å². The smallest absolute Gasteiger partial charge is 0.221 e. The summed E-state index contributed by atoms with van der Waals surface area (Å²) in [7, 11) is 0. The molecule has 25 heavy (non-hydrogen) atoms. The van der Waals surface area contributed by atoms with Gasteiger partial charge >= 0.3 is 0 Å². The number of nitrogens with one attached hydrogen (secondary N) is 1. The molecular weight excluding hydrogens is 318 g/mol. The van der Waals surface area contributed by atoms with Crippen LogP contribution in [0.2, 0.25) is 0 Å². The minimum absolute atomic E-state index is 0.0421. The van der Waals surface area contributed by atoms with Gasteiger partial charge in [0.25, 0.3) is 0 Å². The van der Waals surface area contributed by atoms with Crippen LogP contribution in [0.3, 0.4) is 0 Å². The summed E-state index contributed by atoms with van der Waals surface area (Å²) >= 11 is 0. The molecule has 134 valence electrons. The van der Waals surface area contributed by atoms with Crippen molar-refractivity contribution < 1.29 is 9.53 Å². The summed E-state index contributed by atoms with van der Waals surface area (Å²) in [5.41, 5.74) is 2.13. The number of rotatable bonds is 7. The van der Waals surface area contributed by atoms with Gasteiger partial charge in [0, 0.05) is 51.2 Å². The lowest BCUT2D eigenvalue weighted by atomic mass is 10.1. The van der Waals surface area contributed by atoms with Crippen molar-refractivity contribution in [2.75, 3.05) is 32.8 Å². The highest BCUT2D eigenvalue weighted by atomic mass is 16.5. The molecule has 0 aromatic carbocycles. The van der Waals surface area contributed by atoms with E-state index in [1.807, 2.05) is 31.3 Å². The van der Waals surface area contributed by atoms with Gasteiger partial charge in [0.2, 0.25) is 5.91 Å². The molecule has 1 fully saturated rings. The molecule has 2 aromatic heterocycles. The summed E-state index contributed by atoms with van der Waals surface area (Å²) in [5, 5.41) is 7.38. The SMILES string of the molecule is Cc1ccn(CCC(=O)NCC(c2ccncc2)N2CCOCC2)n1. The molecule has 0 bridgehead atoms. The molecule has 7 nitrogen and oxygen atoms in total. The molecule has 3 heterocycles. The molecule has 1 unspecified atom stereocenters. The van der Waals surface area contributed by atoms with E-state index in [1.54, 1.807) is 17.1 Å². The van der Waals surface area contributed by atoms with Gasteiger partial charge in [0.15, 0.2) is 0 Å². The van der Waals surface area contributed by atoms with E-state index in [1.165, 1.54) is 5.56 Å². The first kappa shape index (κ1) is 17.6. The predicted octanol–water partition coefficient (Wildman–Crippen LogP) is 1.17. The topological polar surface area (TPSA) is 72.3 Å². The van der Waals surface area contributed by atoms with Gasteiger partial charge in [-0.1, -0.05) is 0 Å². The molecule has 1 aliphatic heterocycles. The first-order valence-electron chi connectivity index (χ1n) is 8.71. The van der Waals surface area contributed by atoms with Crippen molar-refractivity contribution in [1.29, 1.82) is 0 Å². The summed E-state index contributed by atoms with van der Waals surface area (Å²) in [6.45, 7) is 6.32. The van der Waals surface area contributed by atoms with Crippen LogP contribution in [-0.4, -0.2) is 58.4 Å². The van der Waals surface area contributed by atoms with Gasteiger partial charge in [-0.3, -0.25) is 19.4 Å². The number of amides is 1. The molecule has 0 radical (unpaired) electrons. The van der Waals surface area contributed by atoms with Crippen molar-refractivity contribution in [3.05, 3.63) is 48.0 Å². The van der Waals surface area contributed by atoms with Crippen LogP contribution in [0.25, 0.3) is 0 Å². The molecule has 3 rings (SSSR count). The fourth-order valence-corrected chi connectivity index (χ4v) is 3.04. The molecule has 0 saturated carbocycles. The highest BCUT2D eigenvalue weighted by Gasteiger charge is 2.23. The van der Waals surface area contributed by atoms with Gasteiger partial charge in [0.1, 0.15) is 0 Å². The van der Waals surface area contributed by atoms with E-state index >= 15 is 0 Å². The molecular formula is C18H25N5O2. The van der Waals surface area contributed by atoms with Crippen molar-refractivity contribution in [2.24, 2.45) is 0 Å². The Morgan fingerprint density at radius 3 is 2.72 bits per heavy atom. The van der Waals surface area contributed by atoms with Crippen molar-refractivity contribution >= 4 is 5.91 Å². The summed E-state index contributed by atoms with van der Waals surface area (Å²) in [4.78, 5) is 18.7. The second kappa shape index (κ2) is 8.73. The lowest BCUT2D eigenvalue weighted by Crippen LogP contribution is -2.43. The fourth-order valence-electron chi connectivity index (χ4n) is 3.04. The Bertz CT molecular complexity index is 667. The largest absolute Gasteiger partial charge is 0.379 e. The third kappa shape index (κ3) is 5.11. The molecule has 1 aliphatic rings. The van der Waals surface area contributed by atoms with E-state index in [0.29, 0.717) is 19.5 Å². The predicted molar refractivity (Wildman–Crippen MR) is 94.0 cm³/mol. The average Bonchev–Trinajstić information content (AvgIpc) is 3.07. The lowest BCUT2D eigenvalue weighted by Gasteiger charge is -2.34. The van der Waals surface area contributed by atoms with Crippen LogP contribution in [0, 0.1) is 6.92 Å². The number of morpholine rings is 1. The molecule has 1 atom stereocenters. The van der Waals surface area contributed by atoms with Crippen LogP contribution in [0.4, 0.5) is 0 Å². The number of aromatic nitrogens is 3. The number of hydrogen-bond acceptors (Lipinski definition) is 5. The molecule has 1 amide bonds. The molecule has 0 aliphatic carbocycles. The van der Waals surface area contributed by atoms with Crippen molar-refractivity contribution in [2.45, 2.75) is 25.9 Å². The van der Waals surface area contributed by atoms with E-state index in [0.717, 1.165) is 32.0 Å². The lowest BCUT2D eigenvalue weighted by molar-refractivity contribution is -0.121. The Kier molecular flexibility index (Phi) is 6.14. The summed E-state index contributed by atoms with van der Waals surface area (Å²) in [5.74, 6) is 0.0421. The fraction of sp³-hybridized carbons (Fsp3) is 0.500. The number of pyridine rings is 1. The molecule has 0 spiro atoms. The van der Waals surface area contributed by atoms with E-state index in [9.17, 15) is 4.79 Å². The van der Waals surface area contributed by atoms with Gasteiger partial charge in [0.05, 0.1) is 24.9 Å². The van der Waals surface area contributed by atoms with Crippen LogP contribution < -0.4 is 5.32 Å². The zero-order valence-corrected chi connectivity index (χ0v) is 14.6. The number of carbonyl (C=O) groups excluding carboxylic acids is 1. The maximum Gasteiger partial charge on any atom is 0.221 e. The molecule has 7 heteroatoms. The zero-order valence-electron chi connectivity index (χ0n) is 14.6. The first-order chi connectivity index (χ1) is 12.2. The minimum atomic E-state index is 0.0421.